The quantitative estimate of drug-likeness (QED) is 0.707. The third-order valence-corrected chi connectivity index (χ3v) is 2.97. The summed E-state index contributed by atoms with van der Waals surface area (Å²) >= 11 is 3.46. The normalized spacial score (nSPS) is 12.8. The van der Waals surface area contributed by atoms with Crippen LogP contribution in [0, 0.1) is 0 Å². The molecule has 0 aliphatic rings. The van der Waals surface area contributed by atoms with E-state index in [4.69, 9.17) is 15.9 Å². The number of hydrogen-bond acceptors (Lipinski definition) is 3. The Balaban J connectivity index is 2.87. The second-order valence-electron chi connectivity index (χ2n) is 3.48. The van der Waals surface area contributed by atoms with Crippen LogP contribution in [-0.2, 0) is 12.8 Å². The van der Waals surface area contributed by atoms with Crippen LogP contribution in [0.2, 0.25) is 0 Å². The van der Waals surface area contributed by atoms with Gasteiger partial charge in [0.1, 0.15) is 6.23 Å². The fourth-order valence-electron chi connectivity index (χ4n) is 1.56. The van der Waals surface area contributed by atoms with Crippen LogP contribution in [0.25, 0.3) is 0 Å². The molecule has 84 valence electrons. The predicted octanol–water partition coefficient (Wildman–Crippen LogP) is 1.19. The van der Waals surface area contributed by atoms with Gasteiger partial charge in [-0.3, -0.25) is 0 Å². The topological polar surface area (TPSA) is 66.5 Å². The van der Waals surface area contributed by atoms with Crippen LogP contribution in [0.4, 0.5) is 0 Å². The maximum atomic E-state index is 9.16. The molecule has 0 aliphatic heterocycles. The molecule has 0 bridgehead atoms. The standard InChI is InChI=1S/C11H16BrNO2/c12-10-5-1-3-8(7-11(13)15)9(10)4-2-6-14/h1,3,5,11,14-15H,2,4,6-7,13H2/t11-/m1/s1. The van der Waals surface area contributed by atoms with Gasteiger partial charge in [-0.15, -0.1) is 0 Å². The summed E-state index contributed by atoms with van der Waals surface area (Å²) in [5, 5.41) is 18.0. The molecule has 0 heterocycles. The molecule has 0 fully saturated rings. The molecule has 1 atom stereocenters. The molecule has 4 N–H and O–H groups in total. The fourth-order valence-corrected chi connectivity index (χ4v) is 2.16. The van der Waals surface area contributed by atoms with Crippen molar-refractivity contribution in [1.82, 2.24) is 0 Å². The first-order chi connectivity index (χ1) is 7.15. The van der Waals surface area contributed by atoms with E-state index in [-0.39, 0.29) is 6.61 Å². The molecule has 3 nitrogen and oxygen atoms in total. The highest BCUT2D eigenvalue weighted by Crippen LogP contribution is 2.22. The van der Waals surface area contributed by atoms with Gasteiger partial charge in [0.25, 0.3) is 0 Å². The molecule has 4 heteroatoms. The highest BCUT2D eigenvalue weighted by molar-refractivity contribution is 9.10. The Labute approximate surface area is 98.1 Å². The van der Waals surface area contributed by atoms with E-state index < -0.39 is 6.23 Å². The minimum Gasteiger partial charge on any atom is -0.396 e. The average molecular weight is 274 g/mol. The molecule has 1 rings (SSSR count). The number of nitrogens with two attached hydrogens (primary N) is 1. The Bertz CT molecular complexity index is 315. The smallest absolute Gasteiger partial charge is 0.106 e. The first-order valence-corrected chi connectivity index (χ1v) is 5.75. The van der Waals surface area contributed by atoms with E-state index in [0.29, 0.717) is 6.42 Å². The van der Waals surface area contributed by atoms with E-state index >= 15 is 0 Å². The predicted molar refractivity (Wildman–Crippen MR) is 63.4 cm³/mol. The van der Waals surface area contributed by atoms with Crippen LogP contribution < -0.4 is 5.73 Å². The SMILES string of the molecule is N[C@H](O)Cc1cccc(Br)c1CCCO. The molecule has 0 amide bonds. The van der Waals surface area contributed by atoms with Crippen molar-refractivity contribution in [1.29, 1.82) is 0 Å². The van der Waals surface area contributed by atoms with E-state index in [9.17, 15) is 0 Å². The van der Waals surface area contributed by atoms with Crippen LogP contribution >= 0.6 is 15.9 Å². The number of aliphatic hydroxyl groups is 2. The minimum absolute atomic E-state index is 0.173. The van der Waals surface area contributed by atoms with Crippen molar-refractivity contribution in [3.8, 4) is 0 Å². The summed E-state index contributed by atoms with van der Waals surface area (Å²) in [6.07, 6.45) is 1.13. The Hall–Kier alpha value is -0.420. The number of halogens is 1. The van der Waals surface area contributed by atoms with Crippen LogP contribution in [-0.4, -0.2) is 23.0 Å². The second-order valence-corrected chi connectivity index (χ2v) is 4.33. The highest BCUT2D eigenvalue weighted by Gasteiger charge is 2.08. The fraction of sp³-hybridized carbons (Fsp3) is 0.455. The van der Waals surface area contributed by atoms with Crippen molar-refractivity contribution < 1.29 is 10.2 Å². The summed E-state index contributed by atoms with van der Waals surface area (Å²) < 4.78 is 1.01. The molecule has 1 aromatic rings. The molecule has 0 spiro atoms. The zero-order valence-corrected chi connectivity index (χ0v) is 10.1. The first kappa shape index (κ1) is 12.6. The molecule has 0 aliphatic carbocycles. The molecule has 0 saturated heterocycles. The number of hydrogen-bond donors (Lipinski definition) is 3. The van der Waals surface area contributed by atoms with Crippen LogP contribution in [0.15, 0.2) is 22.7 Å². The van der Waals surface area contributed by atoms with Crippen LogP contribution in [0.5, 0.6) is 0 Å². The van der Waals surface area contributed by atoms with Crippen LogP contribution in [0.1, 0.15) is 17.5 Å². The number of benzene rings is 1. The molecule has 0 unspecified atom stereocenters. The van der Waals surface area contributed by atoms with Gasteiger partial charge in [0.2, 0.25) is 0 Å². The molecule has 0 radical (unpaired) electrons. The second kappa shape index (κ2) is 6.23. The Morgan fingerprint density at radius 2 is 2.13 bits per heavy atom. The summed E-state index contributed by atoms with van der Waals surface area (Å²) in [7, 11) is 0. The Morgan fingerprint density at radius 3 is 2.73 bits per heavy atom. The van der Waals surface area contributed by atoms with Crippen molar-refractivity contribution in [2.24, 2.45) is 5.73 Å². The molecule has 15 heavy (non-hydrogen) atoms. The van der Waals surface area contributed by atoms with Gasteiger partial charge >= 0.3 is 0 Å². The van der Waals surface area contributed by atoms with Gasteiger partial charge in [-0.2, -0.15) is 0 Å². The van der Waals surface area contributed by atoms with Crippen molar-refractivity contribution in [2.75, 3.05) is 6.61 Å². The van der Waals surface area contributed by atoms with Crippen LogP contribution in [0.3, 0.4) is 0 Å². The van der Waals surface area contributed by atoms with Gasteiger partial charge in [-0.1, -0.05) is 28.1 Å². The largest absolute Gasteiger partial charge is 0.396 e. The maximum Gasteiger partial charge on any atom is 0.106 e. The Kier molecular flexibility index (Phi) is 5.25. The third kappa shape index (κ3) is 3.91. The van der Waals surface area contributed by atoms with Gasteiger partial charge < -0.3 is 15.9 Å². The monoisotopic (exact) mass is 273 g/mol. The van der Waals surface area contributed by atoms with Crippen molar-refractivity contribution in [2.45, 2.75) is 25.5 Å². The van der Waals surface area contributed by atoms with E-state index in [1.807, 2.05) is 18.2 Å². The number of rotatable bonds is 5. The lowest BCUT2D eigenvalue weighted by atomic mass is 10.00. The average Bonchev–Trinajstić information content (AvgIpc) is 2.16. The van der Waals surface area contributed by atoms with Gasteiger partial charge in [-0.25, -0.2) is 0 Å². The summed E-state index contributed by atoms with van der Waals surface area (Å²) in [4.78, 5) is 0. The lowest BCUT2D eigenvalue weighted by molar-refractivity contribution is 0.182. The summed E-state index contributed by atoms with van der Waals surface area (Å²) in [5.41, 5.74) is 7.52. The lowest BCUT2D eigenvalue weighted by Gasteiger charge is -2.12. The maximum absolute atomic E-state index is 9.16. The van der Waals surface area contributed by atoms with E-state index in [1.54, 1.807) is 0 Å². The highest BCUT2D eigenvalue weighted by atomic mass is 79.9. The molecule has 1 aromatic carbocycles. The van der Waals surface area contributed by atoms with E-state index in [1.165, 1.54) is 0 Å². The van der Waals surface area contributed by atoms with Crippen molar-refractivity contribution >= 4 is 15.9 Å². The van der Waals surface area contributed by atoms with Gasteiger partial charge in [0, 0.05) is 17.5 Å². The summed E-state index contributed by atoms with van der Waals surface area (Å²) in [6.45, 7) is 0.173. The summed E-state index contributed by atoms with van der Waals surface area (Å²) in [5.74, 6) is 0. The molecule has 0 saturated carbocycles. The molecule has 0 aromatic heterocycles. The van der Waals surface area contributed by atoms with E-state index in [2.05, 4.69) is 15.9 Å². The zero-order valence-electron chi connectivity index (χ0n) is 8.49. The first-order valence-electron chi connectivity index (χ1n) is 4.96. The third-order valence-electron chi connectivity index (χ3n) is 2.23. The van der Waals surface area contributed by atoms with Crippen molar-refractivity contribution in [3.05, 3.63) is 33.8 Å². The molecular weight excluding hydrogens is 258 g/mol. The van der Waals surface area contributed by atoms with Crippen molar-refractivity contribution in [3.63, 3.8) is 0 Å². The Morgan fingerprint density at radius 1 is 1.40 bits per heavy atom. The van der Waals surface area contributed by atoms with Gasteiger partial charge in [-0.05, 0) is 30.0 Å². The minimum atomic E-state index is -0.827. The van der Waals surface area contributed by atoms with Gasteiger partial charge in [0.05, 0.1) is 0 Å². The number of aliphatic hydroxyl groups excluding tert-OH is 2. The van der Waals surface area contributed by atoms with Gasteiger partial charge in [0.15, 0.2) is 0 Å². The van der Waals surface area contributed by atoms with E-state index in [0.717, 1.165) is 28.4 Å². The molecular formula is C11H16BrNO2. The zero-order chi connectivity index (χ0) is 11.3. The summed E-state index contributed by atoms with van der Waals surface area (Å²) in [6, 6.07) is 5.83. The lowest BCUT2D eigenvalue weighted by Crippen LogP contribution is -2.22.